The summed E-state index contributed by atoms with van der Waals surface area (Å²) < 4.78 is 1.81. The number of hydrogen-bond donors (Lipinski definition) is 2. The van der Waals surface area contributed by atoms with Crippen molar-refractivity contribution < 1.29 is 9.90 Å². The summed E-state index contributed by atoms with van der Waals surface area (Å²) in [6, 6.07) is 5.74. The number of aliphatic hydroxyl groups excluding tert-OH is 1. The van der Waals surface area contributed by atoms with E-state index < -0.39 is 0 Å². The summed E-state index contributed by atoms with van der Waals surface area (Å²) in [5, 5.41) is 12.4. The maximum atomic E-state index is 12.4. The first-order valence-corrected chi connectivity index (χ1v) is 7.17. The van der Waals surface area contributed by atoms with Gasteiger partial charge in [-0.15, -0.1) is 0 Å². The van der Waals surface area contributed by atoms with Crippen LogP contribution in [-0.4, -0.2) is 33.2 Å². The van der Waals surface area contributed by atoms with Crippen LogP contribution in [0, 0.1) is 6.92 Å². The van der Waals surface area contributed by atoms with Crippen LogP contribution in [0.4, 0.5) is 0 Å². The molecule has 1 amide bonds. The van der Waals surface area contributed by atoms with Gasteiger partial charge in [0, 0.05) is 18.9 Å². The predicted molar refractivity (Wildman–Crippen MR) is 81.5 cm³/mol. The summed E-state index contributed by atoms with van der Waals surface area (Å²) in [4.78, 5) is 16.4. The molecular weight excluding hydrogens is 266 g/mol. The lowest BCUT2D eigenvalue weighted by Crippen LogP contribution is -2.28. The first-order valence-electron chi connectivity index (χ1n) is 7.17. The van der Waals surface area contributed by atoms with Crippen LogP contribution >= 0.6 is 0 Å². The molecule has 5 nitrogen and oxygen atoms in total. The fourth-order valence-electron chi connectivity index (χ4n) is 2.11. The van der Waals surface area contributed by atoms with Crippen molar-refractivity contribution in [3.63, 3.8) is 0 Å². The molecule has 0 aliphatic carbocycles. The van der Waals surface area contributed by atoms with Gasteiger partial charge in [-0.2, -0.15) is 0 Å². The van der Waals surface area contributed by atoms with E-state index in [0.717, 1.165) is 11.3 Å². The van der Waals surface area contributed by atoms with Gasteiger partial charge in [-0.25, -0.2) is 4.98 Å². The van der Waals surface area contributed by atoms with Crippen molar-refractivity contribution in [2.45, 2.75) is 32.8 Å². The second-order valence-corrected chi connectivity index (χ2v) is 5.10. The van der Waals surface area contributed by atoms with Crippen molar-refractivity contribution in [2.24, 2.45) is 0 Å². The Hall–Kier alpha value is -2.14. The zero-order valence-corrected chi connectivity index (χ0v) is 12.4. The van der Waals surface area contributed by atoms with Gasteiger partial charge in [0.15, 0.2) is 0 Å². The van der Waals surface area contributed by atoms with Crippen molar-refractivity contribution in [1.29, 1.82) is 0 Å². The molecule has 0 radical (unpaired) electrons. The largest absolute Gasteiger partial charge is 0.393 e. The minimum atomic E-state index is -0.365. The molecule has 0 saturated heterocycles. The number of imidazole rings is 1. The molecule has 0 aliphatic rings. The Labute approximate surface area is 124 Å². The van der Waals surface area contributed by atoms with Gasteiger partial charge in [0.25, 0.3) is 5.91 Å². The van der Waals surface area contributed by atoms with Crippen molar-refractivity contribution >= 4 is 5.91 Å². The predicted octanol–water partition coefficient (Wildman–Crippen LogP) is 2.07. The minimum Gasteiger partial charge on any atom is -0.393 e. The standard InChI is InChI=1S/C16H21N3O2/c1-3-13(20)6-7-18-16(21)14-10-12(2)4-5-15(14)19-9-8-17-11-19/h4-5,8-11,13,20H,3,6-7H2,1-2H3,(H,18,21). The lowest BCUT2D eigenvalue weighted by Gasteiger charge is -2.13. The quantitative estimate of drug-likeness (QED) is 0.854. The van der Waals surface area contributed by atoms with Crippen molar-refractivity contribution in [1.82, 2.24) is 14.9 Å². The average molecular weight is 287 g/mol. The fourth-order valence-corrected chi connectivity index (χ4v) is 2.11. The van der Waals surface area contributed by atoms with Gasteiger partial charge in [-0.05, 0) is 31.9 Å². The third-order valence-electron chi connectivity index (χ3n) is 3.41. The Morgan fingerprint density at radius 1 is 1.48 bits per heavy atom. The summed E-state index contributed by atoms with van der Waals surface area (Å²) in [7, 11) is 0. The van der Waals surface area contributed by atoms with Crippen LogP contribution in [0.5, 0.6) is 0 Å². The average Bonchev–Trinajstić information content (AvgIpc) is 3.00. The molecule has 1 heterocycles. The molecule has 2 rings (SSSR count). The lowest BCUT2D eigenvalue weighted by molar-refractivity contribution is 0.0942. The van der Waals surface area contributed by atoms with E-state index in [4.69, 9.17) is 0 Å². The second kappa shape index (κ2) is 7.04. The number of aliphatic hydroxyl groups is 1. The van der Waals surface area contributed by atoms with Crippen molar-refractivity contribution in [3.05, 3.63) is 48.0 Å². The first kappa shape index (κ1) is 15.3. The number of rotatable bonds is 6. The Bertz CT molecular complexity index is 594. The molecule has 112 valence electrons. The topological polar surface area (TPSA) is 67.2 Å². The number of nitrogens with zero attached hydrogens (tertiary/aromatic N) is 2. The van der Waals surface area contributed by atoms with Crippen LogP contribution in [0.2, 0.25) is 0 Å². The van der Waals surface area contributed by atoms with E-state index in [1.807, 2.05) is 42.8 Å². The molecule has 21 heavy (non-hydrogen) atoms. The molecule has 1 atom stereocenters. The molecule has 1 aromatic carbocycles. The van der Waals surface area contributed by atoms with Crippen LogP contribution in [0.15, 0.2) is 36.9 Å². The number of aromatic nitrogens is 2. The summed E-state index contributed by atoms with van der Waals surface area (Å²) in [5.41, 5.74) is 2.43. The maximum absolute atomic E-state index is 12.4. The molecule has 1 unspecified atom stereocenters. The van der Waals surface area contributed by atoms with Crippen LogP contribution in [0.3, 0.4) is 0 Å². The Balaban J connectivity index is 2.14. The van der Waals surface area contributed by atoms with E-state index in [9.17, 15) is 9.90 Å². The third kappa shape index (κ3) is 3.92. The third-order valence-corrected chi connectivity index (χ3v) is 3.41. The van der Waals surface area contributed by atoms with Gasteiger partial charge >= 0.3 is 0 Å². The lowest BCUT2D eigenvalue weighted by atomic mass is 10.1. The van der Waals surface area contributed by atoms with Crippen LogP contribution in [-0.2, 0) is 0 Å². The van der Waals surface area contributed by atoms with Gasteiger partial charge in [0.05, 0.1) is 23.7 Å². The summed E-state index contributed by atoms with van der Waals surface area (Å²) in [6.07, 6.45) is 6.05. The Morgan fingerprint density at radius 3 is 2.95 bits per heavy atom. The highest BCUT2D eigenvalue weighted by molar-refractivity contribution is 5.98. The van der Waals surface area contributed by atoms with E-state index >= 15 is 0 Å². The SMILES string of the molecule is CCC(O)CCNC(=O)c1cc(C)ccc1-n1ccnc1. The normalized spacial score (nSPS) is 12.1. The number of benzene rings is 1. The van der Waals surface area contributed by atoms with Crippen molar-refractivity contribution in [2.75, 3.05) is 6.54 Å². The fraction of sp³-hybridized carbons (Fsp3) is 0.375. The van der Waals surface area contributed by atoms with E-state index in [-0.39, 0.29) is 12.0 Å². The van der Waals surface area contributed by atoms with Gasteiger partial charge in [-0.3, -0.25) is 4.79 Å². The highest BCUT2D eigenvalue weighted by Crippen LogP contribution is 2.16. The zero-order valence-electron chi connectivity index (χ0n) is 12.4. The highest BCUT2D eigenvalue weighted by Gasteiger charge is 2.13. The molecular formula is C16H21N3O2. The minimum absolute atomic E-state index is 0.134. The number of carbonyl (C=O) groups is 1. The molecule has 0 saturated carbocycles. The first-order chi connectivity index (χ1) is 10.1. The number of hydrogen-bond acceptors (Lipinski definition) is 3. The van der Waals surface area contributed by atoms with E-state index in [0.29, 0.717) is 24.9 Å². The Kier molecular flexibility index (Phi) is 5.11. The monoisotopic (exact) mass is 287 g/mol. The van der Waals surface area contributed by atoms with Crippen LogP contribution in [0.1, 0.15) is 35.7 Å². The molecule has 0 bridgehead atoms. The second-order valence-electron chi connectivity index (χ2n) is 5.10. The van der Waals surface area contributed by atoms with E-state index in [1.54, 1.807) is 12.5 Å². The zero-order chi connectivity index (χ0) is 15.2. The van der Waals surface area contributed by atoms with Gasteiger partial charge in [0.1, 0.15) is 0 Å². The molecule has 5 heteroatoms. The van der Waals surface area contributed by atoms with Crippen molar-refractivity contribution in [3.8, 4) is 5.69 Å². The molecule has 0 spiro atoms. The maximum Gasteiger partial charge on any atom is 0.253 e. The summed E-state index contributed by atoms with van der Waals surface area (Å²) in [6.45, 7) is 4.34. The van der Waals surface area contributed by atoms with Crippen LogP contribution < -0.4 is 5.32 Å². The van der Waals surface area contributed by atoms with Gasteiger partial charge in [-0.1, -0.05) is 18.6 Å². The van der Waals surface area contributed by atoms with Gasteiger partial charge < -0.3 is 15.0 Å². The number of amides is 1. The molecule has 0 fully saturated rings. The van der Waals surface area contributed by atoms with Gasteiger partial charge in [0.2, 0.25) is 0 Å². The smallest absolute Gasteiger partial charge is 0.253 e. The number of aryl methyl sites for hydroxylation is 1. The molecule has 1 aromatic heterocycles. The Morgan fingerprint density at radius 2 is 2.29 bits per heavy atom. The summed E-state index contributed by atoms with van der Waals surface area (Å²) in [5.74, 6) is -0.134. The molecule has 2 N–H and O–H groups in total. The highest BCUT2D eigenvalue weighted by atomic mass is 16.3. The summed E-state index contributed by atoms with van der Waals surface area (Å²) >= 11 is 0. The number of carbonyl (C=O) groups excluding carboxylic acids is 1. The van der Waals surface area contributed by atoms with E-state index in [2.05, 4.69) is 10.3 Å². The number of nitrogens with one attached hydrogen (secondary N) is 1. The van der Waals surface area contributed by atoms with Crippen LogP contribution in [0.25, 0.3) is 5.69 Å². The molecule has 0 aliphatic heterocycles. The van der Waals surface area contributed by atoms with E-state index in [1.165, 1.54) is 0 Å². The molecule has 2 aromatic rings.